The molecule has 0 radical (unpaired) electrons. The predicted molar refractivity (Wildman–Crippen MR) is 33.9 cm³/mol. The molecule has 0 aliphatic carbocycles. The van der Waals surface area contributed by atoms with Gasteiger partial charge in [0.05, 0.1) is 11.9 Å². The standard InChI is InChI=1S/C5H6N4/c1-7-5-4(6)3-9(2)8-5/h3H,6H2,2H3. The number of nitrogen functional groups attached to an aromatic ring is 1. The summed E-state index contributed by atoms with van der Waals surface area (Å²) in [5.41, 5.74) is 5.79. The van der Waals surface area contributed by atoms with Crippen molar-refractivity contribution in [3.05, 3.63) is 17.6 Å². The van der Waals surface area contributed by atoms with Gasteiger partial charge in [-0.25, -0.2) is 4.68 Å². The maximum atomic E-state index is 6.57. The lowest BCUT2D eigenvalue weighted by atomic mass is 10.5. The van der Waals surface area contributed by atoms with Crippen molar-refractivity contribution in [2.24, 2.45) is 7.05 Å². The van der Waals surface area contributed by atoms with E-state index in [4.69, 9.17) is 12.3 Å². The van der Waals surface area contributed by atoms with Gasteiger partial charge in [0.25, 0.3) is 0 Å². The van der Waals surface area contributed by atoms with E-state index in [-0.39, 0.29) is 5.82 Å². The van der Waals surface area contributed by atoms with Crippen LogP contribution in [0.15, 0.2) is 6.20 Å². The molecule has 0 spiro atoms. The third-order valence-electron chi connectivity index (χ3n) is 0.942. The van der Waals surface area contributed by atoms with E-state index in [0.29, 0.717) is 5.69 Å². The molecular weight excluding hydrogens is 116 g/mol. The van der Waals surface area contributed by atoms with Crippen molar-refractivity contribution in [3.8, 4) is 0 Å². The van der Waals surface area contributed by atoms with Gasteiger partial charge in [-0.2, -0.15) is 0 Å². The zero-order valence-electron chi connectivity index (χ0n) is 5.00. The van der Waals surface area contributed by atoms with Crippen LogP contribution in [-0.2, 0) is 7.05 Å². The molecule has 0 atom stereocenters. The highest BCUT2D eigenvalue weighted by Gasteiger charge is 2.01. The summed E-state index contributed by atoms with van der Waals surface area (Å²) in [4.78, 5) is 3.08. The Hall–Kier alpha value is -1.50. The van der Waals surface area contributed by atoms with Crippen LogP contribution in [0.5, 0.6) is 0 Å². The Kier molecular flexibility index (Phi) is 1.12. The number of nitrogens with two attached hydrogens (primary N) is 1. The second kappa shape index (κ2) is 1.78. The minimum atomic E-state index is 0.275. The van der Waals surface area contributed by atoms with Crippen molar-refractivity contribution in [1.29, 1.82) is 0 Å². The molecule has 4 heteroatoms. The number of hydrogen-bond donors (Lipinski definition) is 1. The highest BCUT2D eigenvalue weighted by molar-refractivity contribution is 5.60. The molecule has 46 valence electrons. The summed E-state index contributed by atoms with van der Waals surface area (Å²) >= 11 is 0. The topological polar surface area (TPSA) is 48.2 Å². The number of aryl methyl sites for hydroxylation is 1. The minimum Gasteiger partial charge on any atom is -0.404 e. The molecule has 0 bridgehead atoms. The maximum Gasteiger partial charge on any atom is 0.317 e. The van der Waals surface area contributed by atoms with E-state index in [1.54, 1.807) is 13.2 Å². The Morgan fingerprint density at radius 2 is 2.56 bits per heavy atom. The molecule has 1 rings (SSSR count). The molecule has 1 heterocycles. The molecule has 0 unspecified atom stereocenters. The molecular formula is C5H6N4. The van der Waals surface area contributed by atoms with Crippen LogP contribution in [0.1, 0.15) is 0 Å². The van der Waals surface area contributed by atoms with Gasteiger partial charge >= 0.3 is 5.82 Å². The minimum absolute atomic E-state index is 0.275. The van der Waals surface area contributed by atoms with Crippen LogP contribution in [-0.4, -0.2) is 9.78 Å². The van der Waals surface area contributed by atoms with Crippen LogP contribution >= 0.6 is 0 Å². The molecule has 0 aromatic carbocycles. The molecule has 0 fully saturated rings. The monoisotopic (exact) mass is 122 g/mol. The summed E-state index contributed by atoms with van der Waals surface area (Å²) in [6.45, 7) is 6.57. The van der Waals surface area contributed by atoms with Crippen molar-refractivity contribution >= 4 is 11.5 Å². The quantitative estimate of drug-likeness (QED) is 0.511. The molecule has 0 aliphatic rings. The van der Waals surface area contributed by atoms with Gasteiger partial charge in [-0.05, 0) is 5.10 Å². The number of rotatable bonds is 0. The first-order chi connectivity index (χ1) is 4.24. The first-order valence-electron chi connectivity index (χ1n) is 2.40. The average molecular weight is 122 g/mol. The van der Waals surface area contributed by atoms with E-state index >= 15 is 0 Å². The fraction of sp³-hybridized carbons (Fsp3) is 0.200. The summed E-state index contributed by atoms with van der Waals surface area (Å²) in [5.74, 6) is 0.275. The third-order valence-corrected chi connectivity index (χ3v) is 0.942. The fourth-order valence-electron chi connectivity index (χ4n) is 0.582. The van der Waals surface area contributed by atoms with E-state index in [9.17, 15) is 0 Å². The molecule has 1 aromatic heterocycles. The van der Waals surface area contributed by atoms with E-state index < -0.39 is 0 Å². The lowest BCUT2D eigenvalue weighted by molar-refractivity contribution is 0.773. The Balaban J connectivity index is 3.20. The summed E-state index contributed by atoms with van der Waals surface area (Å²) in [7, 11) is 1.73. The van der Waals surface area contributed by atoms with Crippen LogP contribution in [0, 0.1) is 6.57 Å². The van der Waals surface area contributed by atoms with Crippen molar-refractivity contribution < 1.29 is 0 Å². The summed E-state index contributed by atoms with van der Waals surface area (Å²) < 4.78 is 1.52. The van der Waals surface area contributed by atoms with Gasteiger partial charge in [0.15, 0.2) is 0 Å². The Labute approximate surface area is 52.7 Å². The normalized spacial score (nSPS) is 8.89. The summed E-state index contributed by atoms with van der Waals surface area (Å²) in [6.07, 6.45) is 1.60. The maximum absolute atomic E-state index is 6.57. The summed E-state index contributed by atoms with van der Waals surface area (Å²) in [5, 5.41) is 3.77. The van der Waals surface area contributed by atoms with Gasteiger partial charge in [-0.15, -0.1) is 0 Å². The third kappa shape index (κ3) is 0.842. The molecule has 4 nitrogen and oxygen atoms in total. The van der Waals surface area contributed by atoms with E-state index in [1.165, 1.54) is 4.68 Å². The van der Waals surface area contributed by atoms with Crippen molar-refractivity contribution in [3.63, 3.8) is 0 Å². The number of anilines is 1. The van der Waals surface area contributed by atoms with E-state index in [0.717, 1.165) is 0 Å². The number of nitrogens with zero attached hydrogens (tertiary/aromatic N) is 3. The first kappa shape index (κ1) is 5.63. The molecule has 0 saturated carbocycles. The molecule has 9 heavy (non-hydrogen) atoms. The van der Waals surface area contributed by atoms with Gasteiger partial charge in [0.2, 0.25) is 0 Å². The molecule has 0 aliphatic heterocycles. The Bertz CT molecular complexity index is 254. The Morgan fingerprint density at radius 1 is 1.89 bits per heavy atom. The van der Waals surface area contributed by atoms with Crippen LogP contribution in [0.4, 0.5) is 11.5 Å². The lowest BCUT2D eigenvalue weighted by Crippen LogP contribution is -1.84. The molecule has 1 aromatic rings. The average Bonchev–Trinajstić information content (AvgIpc) is 2.10. The van der Waals surface area contributed by atoms with Gasteiger partial charge in [0, 0.05) is 7.05 Å². The highest BCUT2D eigenvalue weighted by Crippen LogP contribution is 2.16. The lowest BCUT2D eigenvalue weighted by Gasteiger charge is -1.77. The smallest absolute Gasteiger partial charge is 0.317 e. The zero-order valence-corrected chi connectivity index (χ0v) is 5.00. The van der Waals surface area contributed by atoms with Crippen LogP contribution in [0.3, 0.4) is 0 Å². The van der Waals surface area contributed by atoms with Crippen molar-refractivity contribution in [1.82, 2.24) is 9.78 Å². The Morgan fingerprint density at radius 3 is 2.78 bits per heavy atom. The van der Waals surface area contributed by atoms with Gasteiger partial charge in [-0.1, -0.05) is 6.57 Å². The predicted octanol–water partition coefficient (Wildman–Crippen LogP) is 0.553. The van der Waals surface area contributed by atoms with Gasteiger partial charge < -0.3 is 10.6 Å². The van der Waals surface area contributed by atoms with E-state index in [1.807, 2.05) is 0 Å². The second-order valence-corrected chi connectivity index (χ2v) is 1.69. The fourth-order valence-corrected chi connectivity index (χ4v) is 0.582. The SMILES string of the molecule is [C-]#[N+]c1nn(C)cc1N. The van der Waals surface area contributed by atoms with E-state index in [2.05, 4.69) is 9.94 Å². The molecule has 2 N–H and O–H groups in total. The summed E-state index contributed by atoms with van der Waals surface area (Å²) in [6, 6.07) is 0. The number of aromatic nitrogens is 2. The van der Waals surface area contributed by atoms with Crippen molar-refractivity contribution in [2.75, 3.05) is 5.73 Å². The zero-order chi connectivity index (χ0) is 6.85. The molecule has 0 amide bonds. The van der Waals surface area contributed by atoms with Gasteiger partial charge in [-0.3, -0.25) is 0 Å². The number of hydrogen-bond acceptors (Lipinski definition) is 2. The van der Waals surface area contributed by atoms with Crippen molar-refractivity contribution in [2.45, 2.75) is 0 Å². The van der Waals surface area contributed by atoms with Crippen LogP contribution in [0.2, 0.25) is 0 Å². The van der Waals surface area contributed by atoms with Crippen LogP contribution in [0.25, 0.3) is 4.85 Å². The van der Waals surface area contributed by atoms with Gasteiger partial charge in [0.1, 0.15) is 0 Å². The highest BCUT2D eigenvalue weighted by atomic mass is 15.3. The molecule has 0 saturated heterocycles. The first-order valence-corrected chi connectivity index (χ1v) is 2.40. The largest absolute Gasteiger partial charge is 0.404 e. The second-order valence-electron chi connectivity index (χ2n) is 1.69. The van der Waals surface area contributed by atoms with Crippen LogP contribution < -0.4 is 5.73 Å².